The average Bonchev–Trinajstić information content (AvgIpc) is 3.00. The molecule has 4 rings (SSSR count). The Morgan fingerprint density at radius 1 is 1.17 bits per heavy atom. The molecule has 3 heterocycles. The summed E-state index contributed by atoms with van der Waals surface area (Å²) in [6.45, 7) is 0. The van der Waals surface area contributed by atoms with Crippen molar-refractivity contribution in [3.8, 4) is 0 Å². The number of amides is 1. The average molecular weight is 329 g/mol. The van der Waals surface area contributed by atoms with Crippen LogP contribution >= 0.6 is 0 Å². The van der Waals surface area contributed by atoms with E-state index in [4.69, 9.17) is 0 Å². The Labute approximate surface area is 140 Å². The van der Waals surface area contributed by atoms with Crippen molar-refractivity contribution in [1.29, 1.82) is 0 Å². The molecule has 1 amide bonds. The molecule has 7 heteroatoms. The molecule has 2 aromatic heterocycles. The zero-order valence-corrected chi connectivity index (χ0v) is 13.9. The summed E-state index contributed by atoms with van der Waals surface area (Å²) in [5.74, 6) is 0.396. The van der Waals surface area contributed by atoms with E-state index in [9.17, 15) is 9.59 Å². The van der Waals surface area contributed by atoms with Crippen LogP contribution in [0.15, 0.2) is 17.2 Å². The second-order valence-corrected chi connectivity index (χ2v) is 6.97. The summed E-state index contributed by atoms with van der Waals surface area (Å²) in [5, 5.41) is 10.1. The fraction of sp³-hybridized carbons (Fsp3) is 0.588. The number of anilines is 1. The van der Waals surface area contributed by atoms with Crippen LogP contribution in [0.3, 0.4) is 0 Å². The first-order chi connectivity index (χ1) is 11.6. The van der Waals surface area contributed by atoms with Crippen LogP contribution in [0.5, 0.6) is 0 Å². The molecule has 128 valence electrons. The van der Waals surface area contributed by atoms with Crippen molar-refractivity contribution in [2.24, 2.45) is 7.05 Å². The van der Waals surface area contributed by atoms with Gasteiger partial charge in [0.05, 0.1) is 17.8 Å². The van der Waals surface area contributed by atoms with Crippen molar-refractivity contribution in [2.45, 2.75) is 56.9 Å². The van der Waals surface area contributed by atoms with Crippen LogP contribution in [0.1, 0.15) is 68.0 Å². The maximum atomic E-state index is 12.7. The lowest BCUT2D eigenvalue weighted by Gasteiger charge is -2.25. The van der Waals surface area contributed by atoms with E-state index in [2.05, 4.69) is 15.5 Å². The minimum absolute atomic E-state index is 0.0438. The van der Waals surface area contributed by atoms with Crippen molar-refractivity contribution in [3.63, 3.8) is 0 Å². The minimum atomic E-state index is -0.224. The third-order valence-corrected chi connectivity index (χ3v) is 5.28. The van der Waals surface area contributed by atoms with E-state index in [1.54, 1.807) is 10.9 Å². The van der Waals surface area contributed by atoms with Crippen molar-refractivity contribution in [1.82, 2.24) is 19.6 Å². The number of aromatic nitrogens is 4. The highest BCUT2D eigenvalue weighted by atomic mass is 16.2. The highest BCUT2D eigenvalue weighted by molar-refractivity contribution is 5.94. The smallest absolute Gasteiger partial charge is 0.270 e. The van der Waals surface area contributed by atoms with E-state index in [-0.39, 0.29) is 29.8 Å². The maximum absolute atomic E-state index is 12.7. The number of aromatic amines is 1. The van der Waals surface area contributed by atoms with Crippen LogP contribution in [-0.4, -0.2) is 25.5 Å². The lowest BCUT2D eigenvalue weighted by atomic mass is 9.89. The monoisotopic (exact) mass is 329 g/mol. The van der Waals surface area contributed by atoms with Gasteiger partial charge in [-0.15, -0.1) is 0 Å². The summed E-state index contributed by atoms with van der Waals surface area (Å²) in [6, 6.07) is 0.261. The minimum Gasteiger partial charge on any atom is -0.311 e. The largest absolute Gasteiger partial charge is 0.311 e. The normalized spacial score (nSPS) is 22.0. The number of nitrogens with zero attached hydrogens (tertiary/aromatic N) is 3. The molecule has 2 aromatic rings. The van der Waals surface area contributed by atoms with Crippen LogP contribution < -0.4 is 10.9 Å². The molecule has 0 bridgehead atoms. The number of hydrogen-bond acceptors (Lipinski definition) is 3. The topological polar surface area (TPSA) is 84.7 Å². The number of carbonyl (C=O) groups is 1. The van der Waals surface area contributed by atoms with Crippen molar-refractivity contribution in [2.75, 3.05) is 5.32 Å². The van der Waals surface area contributed by atoms with Gasteiger partial charge in [0, 0.05) is 25.6 Å². The molecule has 0 saturated heterocycles. The molecule has 1 saturated carbocycles. The third-order valence-electron chi connectivity index (χ3n) is 5.28. The summed E-state index contributed by atoms with van der Waals surface area (Å²) in [7, 11) is 1.84. The van der Waals surface area contributed by atoms with Crippen molar-refractivity contribution in [3.05, 3.63) is 33.9 Å². The molecule has 2 N–H and O–H groups in total. The second-order valence-electron chi connectivity index (χ2n) is 6.97. The van der Waals surface area contributed by atoms with E-state index in [0.29, 0.717) is 11.4 Å². The molecule has 0 aromatic carbocycles. The summed E-state index contributed by atoms with van der Waals surface area (Å²) in [4.78, 5) is 24.9. The van der Waals surface area contributed by atoms with Crippen LogP contribution in [0, 0.1) is 0 Å². The molecule has 0 spiro atoms. The first-order valence-electron chi connectivity index (χ1n) is 8.76. The van der Waals surface area contributed by atoms with Crippen LogP contribution in [0.2, 0.25) is 0 Å². The van der Waals surface area contributed by atoms with Crippen LogP contribution in [0.4, 0.5) is 5.82 Å². The van der Waals surface area contributed by atoms with Gasteiger partial charge in [0.1, 0.15) is 5.82 Å². The van der Waals surface area contributed by atoms with Crippen molar-refractivity contribution >= 4 is 11.7 Å². The van der Waals surface area contributed by atoms with Gasteiger partial charge in [-0.1, -0.05) is 25.7 Å². The highest BCUT2D eigenvalue weighted by Gasteiger charge is 2.34. The Bertz CT molecular complexity index is 807. The lowest BCUT2D eigenvalue weighted by Crippen LogP contribution is -2.27. The summed E-state index contributed by atoms with van der Waals surface area (Å²) >= 11 is 0. The first-order valence-corrected chi connectivity index (χ1v) is 8.76. The number of H-pyrrole nitrogens is 1. The van der Waals surface area contributed by atoms with Gasteiger partial charge in [-0.3, -0.25) is 24.1 Å². The molecule has 1 aliphatic carbocycles. The number of nitrogens with one attached hydrogen (secondary N) is 2. The van der Waals surface area contributed by atoms with Gasteiger partial charge in [0.25, 0.3) is 5.56 Å². The van der Waals surface area contributed by atoms with E-state index < -0.39 is 0 Å². The number of rotatable bonds is 2. The SMILES string of the molecule is Cn1cc([C@H]2CC(=O)Nc3c2c(=O)[nH]n3C2CCCCCC2)cn1. The van der Waals surface area contributed by atoms with Gasteiger partial charge < -0.3 is 5.32 Å². The molecular formula is C17H23N5O2. The summed E-state index contributed by atoms with van der Waals surface area (Å²) in [5.41, 5.74) is 1.49. The molecule has 1 atom stereocenters. The Morgan fingerprint density at radius 2 is 1.92 bits per heavy atom. The standard InChI is InChI=1S/C17H23N5O2/c1-21-10-11(9-18-21)13-8-14(23)19-16-15(13)17(24)20-22(16)12-6-4-2-3-5-7-12/h9-10,12-13H,2-8H2,1H3,(H,19,23)(H,20,24)/t13-/m1/s1. The number of fused-ring (bicyclic) bond motifs is 1. The summed E-state index contributed by atoms with van der Waals surface area (Å²) < 4.78 is 3.63. The van der Waals surface area contributed by atoms with Gasteiger partial charge >= 0.3 is 0 Å². The van der Waals surface area contributed by atoms with Crippen LogP contribution in [0.25, 0.3) is 0 Å². The van der Waals surface area contributed by atoms with Gasteiger partial charge in [-0.2, -0.15) is 5.10 Å². The fourth-order valence-corrected chi connectivity index (χ4v) is 4.08. The van der Waals surface area contributed by atoms with Crippen molar-refractivity contribution < 1.29 is 4.79 Å². The van der Waals surface area contributed by atoms with E-state index in [1.807, 2.05) is 17.9 Å². The lowest BCUT2D eigenvalue weighted by molar-refractivity contribution is -0.116. The molecule has 1 fully saturated rings. The first kappa shape index (κ1) is 15.2. The Morgan fingerprint density at radius 3 is 2.58 bits per heavy atom. The van der Waals surface area contributed by atoms with E-state index in [1.165, 1.54) is 25.7 Å². The molecule has 2 aliphatic rings. The molecule has 0 radical (unpaired) electrons. The molecule has 7 nitrogen and oxygen atoms in total. The molecule has 0 unspecified atom stereocenters. The quantitative estimate of drug-likeness (QED) is 0.829. The zero-order chi connectivity index (χ0) is 16.7. The summed E-state index contributed by atoms with van der Waals surface area (Å²) in [6.07, 6.45) is 10.8. The predicted octanol–water partition coefficient (Wildman–Crippen LogP) is 2.28. The number of aryl methyl sites for hydroxylation is 1. The zero-order valence-electron chi connectivity index (χ0n) is 13.9. The van der Waals surface area contributed by atoms with E-state index in [0.717, 1.165) is 18.4 Å². The van der Waals surface area contributed by atoms with Crippen LogP contribution in [-0.2, 0) is 11.8 Å². The second kappa shape index (κ2) is 5.96. The Hall–Kier alpha value is -2.31. The van der Waals surface area contributed by atoms with E-state index >= 15 is 0 Å². The Kier molecular flexibility index (Phi) is 3.78. The van der Waals surface area contributed by atoms with Gasteiger partial charge in [0.15, 0.2) is 0 Å². The third kappa shape index (κ3) is 2.57. The highest BCUT2D eigenvalue weighted by Crippen LogP contribution is 2.37. The molecule has 24 heavy (non-hydrogen) atoms. The van der Waals surface area contributed by atoms with Gasteiger partial charge in [0.2, 0.25) is 5.91 Å². The van der Waals surface area contributed by atoms with Gasteiger partial charge in [-0.25, -0.2) is 0 Å². The van der Waals surface area contributed by atoms with Gasteiger partial charge in [-0.05, 0) is 18.4 Å². The maximum Gasteiger partial charge on any atom is 0.270 e. The molecular weight excluding hydrogens is 306 g/mol. The predicted molar refractivity (Wildman–Crippen MR) is 90.1 cm³/mol. The number of carbonyl (C=O) groups excluding carboxylic acids is 1. The Balaban J connectivity index is 1.78. The fourth-order valence-electron chi connectivity index (χ4n) is 4.08. The molecule has 1 aliphatic heterocycles. The number of hydrogen-bond donors (Lipinski definition) is 2.